The van der Waals surface area contributed by atoms with E-state index in [1.54, 1.807) is 34.6 Å². The lowest BCUT2D eigenvalue weighted by atomic mass is 10.1. The average molecular weight is 391 g/mol. The number of methoxy groups -OCH3 is 4. The van der Waals surface area contributed by atoms with Crippen molar-refractivity contribution in [1.82, 2.24) is 14.5 Å². The van der Waals surface area contributed by atoms with Gasteiger partial charge < -0.3 is 18.9 Å². The third-order valence-corrected chi connectivity index (χ3v) is 4.69. The molecule has 0 saturated heterocycles. The molecule has 0 fully saturated rings. The summed E-state index contributed by atoms with van der Waals surface area (Å²) < 4.78 is 23.8. The van der Waals surface area contributed by atoms with Gasteiger partial charge in [-0.15, -0.1) is 0 Å². The lowest BCUT2D eigenvalue weighted by Crippen LogP contribution is -2.01. The first kappa shape index (κ1) is 18.6. The highest BCUT2D eigenvalue weighted by molar-refractivity contribution is 5.82. The summed E-state index contributed by atoms with van der Waals surface area (Å²) in [4.78, 5) is 9.38. The minimum absolute atomic E-state index is 0.621. The van der Waals surface area contributed by atoms with E-state index in [4.69, 9.17) is 23.9 Å². The quantitative estimate of drug-likeness (QED) is 0.492. The van der Waals surface area contributed by atoms with Crippen molar-refractivity contribution in [2.24, 2.45) is 0 Å². The van der Waals surface area contributed by atoms with Crippen molar-refractivity contribution in [2.75, 3.05) is 28.4 Å². The maximum Gasteiger partial charge on any atom is 0.164 e. The molecule has 2 aromatic heterocycles. The van der Waals surface area contributed by atoms with Crippen LogP contribution in [-0.4, -0.2) is 43.0 Å². The van der Waals surface area contributed by atoms with Gasteiger partial charge in [0.05, 0.1) is 39.7 Å². The number of pyridine rings is 1. The fourth-order valence-corrected chi connectivity index (χ4v) is 3.28. The van der Waals surface area contributed by atoms with E-state index >= 15 is 0 Å². The minimum Gasteiger partial charge on any atom is -0.497 e. The molecule has 0 aliphatic heterocycles. The number of fused-ring (bicyclic) bond motifs is 1. The topological polar surface area (TPSA) is 67.6 Å². The zero-order valence-corrected chi connectivity index (χ0v) is 16.7. The van der Waals surface area contributed by atoms with E-state index in [0.29, 0.717) is 28.8 Å². The zero-order chi connectivity index (χ0) is 20.4. The van der Waals surface area contributed by atoms with Crippen molar-refractivity contribution in [2.45, 2.75) is 0 Å². The van der Waals surface area contributed by atoms with Gasteiger partial charge in [-0.3, -0.25) is 4.57 Å². The molecular formula is C22H21N3O4. The molecule has 0 saturated carbocycles. The predicted octanol–water partition coefficient (Wildman–Crippen LogP) is 4.12. The summed E-state index contributed by atoms with van der Waals surface area (Å²) in [7, 11) is 6.47. The molecule has 0 aliphatic carbocycles. The van der Waals surface area contributed by atoms with E-state index in [2.05, 4.69) is 4.98 Å². The highest BCUT2D eigenvalue weighted by atomic mass is 16.5. The van der Waals surface area contributed by atoms with Crippen molar-refractivity contribution in [3.63, 3.8) is 0 Å². The van der Waals surface area contributed by atoms with Gasteiger partial charge in [0, 0.05) is 18.3 Å². The van der Waals surface area contributed by atoms with Crippen LogP contribution in [0.25, 0.3) is 28.2 Å². The Balaban J connectivity index is 2.00. The van der Waals surface area contributed by atoms with Crippen molar-refractivity contribution < 1.29 is 18.9 Å². The maximum absolute atomic E-state index is 5.61. The van der Waals surface area contributed by atoms with E-state index in [1.165, 1.54) is 0 Å². The number of hydrogen-bond acceptors (Lipinski definition) is 6. The van der Waals surface area contributed by atoms with Crippen molar-refractivity contribution in [1.29, 1.82) is 0 Å². The summed E-state index contributed by atoms with van der Waals surface area (Å²) in [5, 5.41) is 0. The van der Waals surface area contributed by atoms with E-state index in [1.807, 2.05) is 53.1 Å². The Morgan fingerprint density at radius 3 is 2.28 bits per heavy atom. The first-order chi connectivity index (χ1) is 14.2. The normalized spacial score (nSPS) is 10.8. The second-order valence-corrected chi connectivity index (χ2v) is 6.22. The lowest BCUT2D eigenvalue weighted by Gasteiger charge is -2.14. The van der Waals surface area contributed by atoms with Crippen LogP contribution in [0.5, 0.6) is 23.0 Å². The third-order valence-electron chi connectivity index (χ3n) is 4.69. The first-order valence-electron chi connectivity index (χ1n) is 8.98. The number of imidazole rings is 1. The fraction of sp³-hybridized carbons (Fsp3) is 0.182. The zero-order valence-electron chi connectivity index (χ0n) is 16.7. The van der Waals surface area contributed by atoms with Crippen LogP contribution in [0.4, 0.5) is 0 Å². The molecule has 4 aromatic rings. The summed E-state index contributed by atoms with van der Waals surface area (Å²) in [6.07, 6.45) is 1.75. The molecule has 2 heterocycles. The molecule has 7 nitrogen and oxygen atoms in total. The molecule has 7 heteroatoms. The van der Waals surface area contributed by atoms with Crippen LogP contribution in [0.2, 0.25) is 0 Å². The number of nitrogens with zero attached hydrogens (tertiary/aromatic N) is 3. The molecule has 0 spiro atoms. The van der Waals surface area contributed by atoms with E-state index in [-0.39, 0.29) is 0 Å². The molecule has 29 heavy (non-hydrogen) atoms. The number of benzene rings is 2. The van der Waals surface area contributed by atoms with Crippen molar-refractivity contribution >= 4 is 11.2 Å². The molecule has 2 aromatic carbocycles. The molecule has 4 rings (SSSR count). The Hall–Kier alpha value is -3.74. The Labute approximate surface area is 168 Å². The molecular weight excluding hydrogens is 370 g/mol. The Kier molecular flexibility index (Phi) is 4.95. The highest BCUT2D eigenvalue weighted by Gasteiger charge is 2.20. The summed E-state index contributed by atoms with van der Waals surface area (Å²) in [6.45, 7) is 0. The Bertz CT molecular complexity index is 1170. The Morgan fingerprint density at radius 2 is 1.55 bits per heavy atom. The minimum atomic E-state index is 0.621. The molecule has 0 atom stereocenters. The van der Waals surface area contributed by atoms with Gasteiger partial charge in [-0.2, -0.15) is 0 Å². The van der Waals surface area contributed by atoms with Gasteiger partial charge in [-0.1, -0.05) is 0 Å². The van der Waals surface area contributed by atoms with Crippen LogP contribution in [-0.2, 0) is 0 Å². The van der Waals surface area contributed by atoms with Crippen molar-refractivity contribution in [3.8, 4) is 40.1 Å². The van der Waals surface area contributed by atoms with Gasteiger partial charge in [-0.25, -0.2) is 9.97 Å². The van der Waals surface area contributed by atoms with Crippen molar-refractivity contribution in [3.05, 3.63) is 54.7 Å². The number of hydrogen-bond donors (Lipinski definition) is 0. The monoisotopic (exact) mass is 391 g/mol. The second kappa shape index (κ2) is 7.71. The second-order valence-electron chi connectivity index (χ2n) is 6.22. The van der Waals surface area contributed by atoms with Crippen LogP contribution in [0.3, 0.4) is 0 Å². The van der Waals surface area contributed by atoms with E-state index < -0.39 is 0 Å². The Morgan fingerprint density at radius 1 is 0.759 bits per heavy atom. The van der Waals surface area contributed by atoms with Crippen LogP contribution in [0.15, 0.2) is 54.7 Å². The van der Waals surface area contributed by atoms with Gasteiger partial charge in [-0.05, 0) is 36.4 Å². The summed E-state index contributed by atoms with van der Waals surface area (Å²) in [6, 6.07) is 15.1. The van der Waals surface area contributed by atoms with Crippen LogP contribution < -0.4 is 18.9 Å². The molecule has 0 amide bonds. The van der Waals surface area contributed by atoms with Gasteiger partial charge in [0.2, 0.25) is 0 Å². The molecule has 0 unspecified atom stereocenters. The van der Waals surface area contributed by atoms with Gasteiger partial charge in [0.1, 0.15) is 17.0 Å². The molecule has 148 valence electrons. The molecule has 0 radical (unpaired) electrons. The SMILES string of the molecule is COc1ccc(-c2nc3cccnc3n2-c2ccc(OC)c(OC)c2)c(OC)c1. The number of aromatic nitrogens is 3. The maximum atomic E-state index is 5.61. The third kappa shape index (κ3) is 3.20. The summed E-state index contributed by atoms with van der Waals surface area (Å²) >= 11 is 0. The van der Waals surface area contributed by atoms with Crippen LogP contribution in [0, 0.1) is 0 Å². The largest absolute Gasteiger partial charge is 0.497 e. The van der Waals surface area contributed by atoms with E-state index in [9.17, 15) is 0 Å². The van der Waals surface area contributed by atoms with Crippen LogP contribution in [0.1, 0.15) is 0 Å². The highest BCUT2D eigenvalue weighted by Crippen LogP contribution is 2.37. The number of ether oxygens (including phenoxy) is 4. The van der Waals surface area contributed by atoms with E-state index in [0.717, 1.165) is 22.4 Å². The fourth-order valence-electron chi connectivity index (χ4n) is 3.28. The summed E-state index contributed by atoms with van der Waals surface area (Å²) in [5.74, 6) is 3.33. The molecule has 0 aliphatic rings. The standard InChI is InChI=1S/C22H21N3O4/c1-26-15-8-9-16(19(13-15)28-3)21-24-17-6-5-11-23-22(17)25(21)14-7-10-18(27-2)20(12-14)29-4/h5-13H,1-4H3. The van der Waals surface area contributed by atoms with Gasteiger partial charge in [0.25, 0.3) is 0 Å². The van der Waals surface area contributed by atoms with Crippen LogP contribution >= 0.6 is 0 Å². The molecule has 0 N–H and O–H groups in total. The summed E-state index contributed by atoms with van der Waals surface area (Å²) in [5.41, 5.74) is 3.17. The lowest BCUT2D eigenvalue weighted by molar-refractivity contribution is 0.355. The average Bonchev–Trinajstić information content (AvgIpc) is 3.17. The number of rotatable bonds is 6. The first-order valence-corrected chi connectivity index (χ1v) is 8.98. The molecule has 0 bridgehead atoms. The van der Waals surface area contributed by atoms with Gasteiger partial charge >= 0.3 is 0 Å². The van der Waals surface area contributed by atoms with Gasteiger partial charge in [0.15, 0.2) is 23.0 Å². The predicted molar refractivity (Wildman–Crippen MR) is 111 cm³/mol. The smallest absolute Gasteiger partial charge is 0.164 e.